The van der Waals surface area contributed by atoms with Crippen LogP contribution in [0.1, 0.15) is 15.2 Å². The van der Waals surface area contributed by atoms with E-state index in [2.05, 4.69) is 21.2 Å². The molecular weight excluding hydrogens is 348 g/mol. The molecule has 0 radical (unpaired) electrons. The summed E-state index contributed by atoms with van der Waals surface area (Å²) in [7, 11) is 0. The van der Waals surface area contributed by atoms with Gasteiger partial charge in [-0.15, -0.1) is 11.3 Å². The second kappa shape index (κ2) is 5.87. The minimum absolute atomic E-state index is 0.131. The van der Waals surface area contributed by atoms with Crippen molar-refractivity contribution >= 4 is 48.9 Å². The lowest BCUT2D eigenvalue weighted by Crippen LogP contribution is -2.22. The van der Waals surface area contributed by atoms with Crippen LogP contribution in [0.25, 0.3) is 10.1 Å². The van der Waals surface area contributed by atoms with Crippen LogP contribution in [0.2, 0.25) is 0 Å². The summed E-state index contributed by atoms with van der Waals surface area (Å²) in [5.74, 6) is -0.131. The molecule has 3 nitrogen and oxygen atoms in total. The zero-order valence-corrected chi connectivity index (χ0v) is 13.5. The number of carbonyl (C=O) groups excluding carboxylic acids is 1. The highest BCUT2D eigenvalue weighted by Crippen LogP contribution is 2.35. The zero-order valence-electron chi connectivity index (χ0n) is 11.1. The number of fused-ring (bicyclic) bond motifs is 1. The third-order valence-electron chi connectivity index (χ3n) is 3.19. The quantitative estimate of drug-likeness (QED) is 0.736. The van der Waals surface area contributed by atoms with Crippen LogP contribution >= 0.6 is 27.3 Å². The number of anilines is 1. The SMILES string of the molecule is Nc1c(C(=O)NCc2ccccc2)sc2cc(Br)ccc12. The van der Waals surface area contributed by atoms with Crippen molar-refractivity contribution in [2.45, 2.75) is 6.54 Å². The summed E-state index contributed by atoms with van der Waals surface area (Å²) in [6.45, 7) is 0.497. The molecule has 0 aliphatic rings. The Morgan fingerprint density at radius 2 is 1.95 bits per heavy atom. The van der Waals surface area contributed by atoms with Crippen molar-refractivity contribution < 1.29 is 4.79 Å². The molecule has 5 heteroatoms. The second-order valence-corrected chi connectivity index (χ2v) is 6.62. The molecule has 0 fully saturated rings. The van der Waals surface area contributed by atoms with Gasteiger partial charge in [-0.25, -0.2) is 0 Å². The molecule has 0 unspecified atom stereocenters. The smallest absolute Gasteiger partial charge is 0.263 e. The minimum Gasteiger partial charge on any atom is -0.397 e. The Bertz CT molecular complexity index is 799. The van der Waals surface area contributed by atoms with Crippen molar-refractivity contribution in [3.05, 3.63) is 63.4 Å². The van der Waals surface area contributed by atoms with Crippen LogP contribution in [-0.2, 0) is 6.54 Å². The van der Waals surface area contributed by atoms with E-state index in [0.29, 0.717) is 17.1 Å². The van der Waals surface area contributed by atoms with Gasteiger partial charge in [0.15, 0.2) is 0 Å². The van der Waals surface area contributed by atoms with Crippen molar-refractivity contribution in [1.29, 1.82) is 0 Å². The van der Waals surface area contributed by atoms with Gasteiger partial charge in [0.2, 0.25) is 0 Å². The van der Waals surface area contributed by atoms with Gasteiger partial charge in [0.25, 0.3) is 5.91 Å². The van der Waals surface area contributed by atoms with Crippen molar-refractivity contribution in [3.8, 4) is 0 Å². The lowest BCUT2D eigenvalue weighted by atomic mass is 10.2. The molecule has 0 spiro atoms. The fraction of sp³-hybridized carbons (Fsp3) is 0.0625. The van der Waals surface area contributed by atoms with Gasteiger partial charge < -0.3 is 11.1 Å². The molecule has 1 heterocycles. The molecule has 0 aliphatic carbocycles. The van der Waals surface area contributed by atoms with E-state index >= 15 is 0 Å². The molecule has 2 aromatic carbocycles. The monoisotopic (exact) mass is 360 g/mol. The number of hydrogen-bond donors (Lipinski definition) is 2. The van der Waals surface area contributed by atoms with E-state index in [1.54, 1.807) is 0 Å². The molecule has 0 bridgehead atoms. The third kappa shape index (κ3) is 2.94. The van der Waals surface area contributed by atoms with Crippen molar-refractivity contribution in [3.63, 3.8) is 0 Å². The number of thiophene rings is 1. The zero-order chi connectivity index (χ0) is 14.8. The largest absolute Gasteiger partial charge is 0.397 e. The van der Waals surface area contributed by atoms with Crippen LogP contribution in [0.4, 0.5) is 5.69 Å². The number of hydrogen-bond acceptors (Lipinski definition) is 3. The molecule has 1 aromatic heterocycles. The molecule has 0 saturated heterocycles. The number of rotatable bonds is 3. The Morgan fingerprint density at radius 3 is 2.71 bits per heavy atom. The molecule has 3 aromatic rings. The highest BCUT2D eigenvalue weighted by Gasteiger charge is 2.16. The van der Waals surface area contributed by atoms with E-state index in [4.69, 9.17) is 5.73 Å². The maximum absolute atomic E-state index is 12.3. The van der Waals surface area contributed by atoms with Gasteiger partial charge in [-0.2, -0.15) is 0 Å². The summed E-state index contributed by atoms with van der Waals surface area (Å²) in [6, 6.07) is 15.6. The van der Waals surface area contributed by atoms with Gasteiger partial charge in [-0.1, -0.05) is 52.3 Å². The molecule has 106 valence electrons. The lowest BCUT2D eigenvalue weighted by Gasteiger charge is -2.04. The van der Waals surface area contributed by atoms with Gasteiger partial charge in [0, 0.05) is 21.1 Å². The predicted molar refractivity (Wildman–Crippen MR) is 91.5 cm³/mol. The molecule has 21 heavy (non-hydrogen) atoms. The summed E-state index contributed by atoms with van der Waals surface area (Å²) in [6.07, 6.45) is 0. The van der Waals surface area contributed by atoms with Crippen LogP contribution in [0.3, 0.4) is 0 Å². The summed E-state index contributed by atoms with van der Waals surface area (Å²) in [5.41, 5.74) is 7.71. The van der Waals surface area contributed by atoms with Gasteiger partial charge in [0.05, 0.1) is 5.69 Å². The van der Waals surface area contributed by atoms with E-state index in [1.807, 2.05) is 48.5 Å². The Balaban J connectivity index is 1.83. The maximum Gasteiger partial charge on any atom is 0.263 e. The Hall–Kier alpha value is -1.85. The summed E-state index contributed by atoms with van der Waals surface area (Å²) < 4.78 is 1.99. The highest BCUT2D eigenvalue weighted by molar-refractivity contribution is 9.10. The molecule has 0 aliphatic heterocycles. The fourth-order valence-electron chi connectivity index (χ4n) is 2.12. The minimum atomic E-state index is -0.131. The average molecular weight is 361 g/mol. The van der Waals surface area contributed by atoms with Crippen LogP contribution in [0.15, 0.2) is 53.0 Å². The standard InChI is InChI=1S/C16H13BrN2OS/c17-11-6-7-12-13(8-11)21-15(14(12)18)16(20)19-9-10-4-2-1-3-5-10/h1-8H,9,18H2,(H,19,20). The van der Waals surface area contributed by atoms with E-state index in [-0.39, 0.29) is 5.91 Å². The van der Waals surface area contributed by atoms with E-state index in [0.717, 1.165) is 20.1 Å². The third-order valence-corrected chi connectivity index (χ3v) is 4.85. The first-order chi connectivity index (χ1) is 10.1. The van der Waals surface area contributed by atoms with Gasteiger partial charge in [-0.3, -0.25) is 4.79 Å². The number of nitrogens with one attached hydrogen (secondary N) is 1. The van der Waals surface area contributed by atoms with Crippen LogP contribution in [0.5, 0.6) is 0 Å². The lowest BCUT2D eigenvalue weighted by molar-refractivity contribution is 0.0956. The normalized spacial score (nSPS) is 10.7. The first-order valence-electron chi connectivity index (χ1n) is 6.45. The summed E-state index contributed by atoms with van der Waals surface area (Å²) in [5, 5.41) is 3.84. The van der Waals surface area contributed by atoms with Gasteiger partial charge in [-0.05, 0) is 17.7 Å². The topological polar surface area (TPSA) is 55.1 Å². The second-order valence-electron chi connectivity index (χ2n) is 4.65. The predicted octanol–water partition coefficient (Wildman–Crippen LogP) is 4.18. The summed E-state index contributed by atoms with van der Waals surface area (Å²) in [4.78, 5) is 12.9. The number of carbonyl (C=O) groups is 1. The first kappa shape index (κ1) is 14.1. The molecule has 3 rings (SSSR count). The van der Waals surface area contributed by atoms with Crippen LogP contribution in [0, 0.1) is 0 Å². The number of benzene rings is 2. The van der Waals surface area contributed by atoms with E-state index in [1.165, 1.54) is 11.3 Å². The van der Waals surface area contributed by atoms with Gasteiger partial charge >= 0.3 is 0 Å². The Labute approximate surface area is 134 Å². The number of halogens is 1. The number of amides is 1. The van der Waals surface area contributed by atoms with Crippen LogP contribution < -0.4 is 11.1 Å². The van der Waals surface area contributed by atoms with Crippen molar-refractivity contribution in [2.24, 2.45) is 0 Å². The van der Waals surface area contributed by atoms with Crippen molar-refractivity contribution in [2.75, 3.05) is 5.73 Å². The average Bonchev–Trinajstić information content (AvgIpc) is 2.82. The van der Waals surface area contributed by atoms with Gasteiger partial charge in [0.1, 0.15) is 4.88 Å². The van der Waals surface area contributed by atoms with E-state index < -0.39 is 0 Å². The maximum atomic E-state index is 12.3. The number of nitrogen functional groups attached to an aromatic ring is 1. The van der Waals surface area contributed by atoms with E-state index in [9.17, 15) is 4.79 Å². The summed E-state index contributed by atoms with van der Waals surface area (Å²) >= 11 is 4.84. The molecular formula is C16H13BrN2OS. The molecule has 0 atom stereocenters. The van der Waals surface area contributed by atoms with Crippen LogP contribution in [-0.4, -0.2) is 5.91 Å². The van der Waals surface area contributed by atoms with Crippen molar-refractivity contribution in [1.82, 2.24) is 5.32 Å². The number of nitrogens with two attached hydrogens (primary N) is 1. The first-order valence-corrected chi connectivity index (χ1v) is 8.06. The highest BCUT2D eigenvalue weighted by atomic mass is 79.9. The molecule has 3 N–H and O–H groups in total. The molecule has 1 amide bonds. The Morgan fingerprint density at radius 1 is 1.19 bits per heavy atom. The molecule has 0 saturated carbocycles. The fourth-order valence-corrected chi connectivity index (χ4v) is 3.71. The Kier molecular flexibility index (Phi) is 3.94.